The summed E-state index contributed by atoms with van der Waals surface area (Å²) in [5.41, 5.74) is 0.727. The number of nitrogens with zero attached hydrogens (tertiary/aromatic N) is 1. The van der Waals surface area contributed by atoms with Crippen LogP contribution in [0.5, 0.6) is 0 Å². The monoisotopic (exact) mass is 387 g/mol. The molecule has 0 saturated carbocycles. The van der Waals surface area contributed by atoms with Crippen LogP contribution >= 0.6 is 28.3 Å². The maximum Gasteiger partial charge on any atom is 0.287 e. The van der Waals surface area contributed by atoms with E-state index in [1.807, 2.05) is 18.2 Å². The third-order valence-electron chi connectivity index (χ3n) is 3.63. The minimum Gasteiger partial charge on any atom is -0.451 e. The van der Waals surface area contributed by atoms with Crippen molar-refractivity contribution in [2.45, 2.75) is 0 Å². The molecule has 2 heterocycles. The first-order chi connectivity index (χ1) is 10.2. The highest BCUT2D eigenvalue weighted by molar-refractivity contribution is 9.10. The third kappa shape index (κ3) is 4.23. The topological polar surface area (TPSA) is 57.5 Å². The zero-order chi connectivity index (χ0) is 14.7. The van der Waals surface area contributed by atoms with E-state index in [1.165, 1.54) is 0 Å². The van der Waals surface area contributed by atoms with Crippen LogP contribution in [0.15, 0.2) is 33.2 Å². The van der Waals surface area contributed by atoms with Gasteiger partial charge < -0.3 is 15.1 Å². The van der Waals surface area contributed by atoms with Crippen LogP contribution in [-0.2, 0) is 0 Å². The Hall–Kier alpha value is -1.08. The van der Waals surface area contributed by atoms with Crippen molar-refractivity contribution in [3.63, 3.8) is 0 Å². The van der Waals surface area contributed by atoms with Gasteiger partial charge in [0.2, 0.25) is 0 Å². The number of amides is 1. The van der Waals surface area contributed by atoms with Gasteiger partial charge in [-0.15, -0.1) is 12.4 Å². The summed E-state index contributed by atoms with van der Waals surface area (Å²) in [6, 6.07) is 7.48. The smallest absolute Gasteiger partial charge is 0.287 e. The Morgan fingerprint density at radius 1 is 1.32 bits per heavy atom. The molecule has 0 atom stereocenters. The van der Waals surface area contributed by atoms with E-state index in [4.69, 9.17) is 4.42 Å². The van der Waals surface area contributed by atoms with Crippen molar-refractivity contribution in [3.05, 3.63) is 34.5 Å². The summed E-state index contributed by atoms with van der Waals surface area (Å²) in [4.78, 5) is 14.4. The molecule has 120 valence electrons. The first kappa shape index (κ1) is 17.3. The molecule has 1 amide bonds. The Kier molecular flexibility index (Phi) is 6.26. The van der Waals surface area contributed by atoms with Gasteiger partial charge in [0.25, 0.3) is 5.91 Å². The number of hydrogen-bond donors (Lipinski definition) is 2. The quantitative estimate of drug-likeness (QED) is 0.843. The highest BCUT2D eigenvalue weighted by Crippen LogP contribution is 2.23. The molecular formula is C15H19BrClN3O2. The molecule has 1 fully saturated rings. The fourth-order valence-corrected chi connectivity index (χ4v) is 2.85. The number of piperazine rings is 1. The number of halogens is 2. The summed E-state index contributed by atoms with van der Waals surface area (Å²) in [7, 11) is 0. The summed E-state index contributed by atoms with van der Waals surface area (Å²) >= 11 is 3.41. The predicted octanol–water partition coefficient (Wildman–Crippen LogP) is 2.25. The molecule has 0 unspecified atom stereocenters. The molecule has 1 saturated heterocycles. The molecule has 1 aromatic heterocycles. The SMILES string of the molecule is Cl.O=C(NCCN1CCNCC1)c1cc2cc(Br)ccc2o1. The first-order valence-corrected chi connectivity index (χ1v) is 7.92. The van der Waals surface area contributed by atoms with Gasteiger partial charge in [-0.05, 0) is 24.3 Å². The normalized spacial score (nSPS) is 15.5. The molecule has 5 nitrogen and oxygen atoms in total. The van der Waals surface area contributed by atoms with Crippen molar-refractivity contribution in [2.75, 3.05) is 39.3 Å². The Balaban J connectivity index is 0.00000176. The standard InChI is InChI=1S/C15H18BrN3O2.ClH/c16-12-1-2-13-11(9-12)10-14(21-13)15(20)18-5-8-19-6-3-17-4-7-19;/h1-2,9-10,17H,3-8H2,(H,18,20);1H. The van der Waals surface area contributed by atoms with Crippen molar-refractivity contribution in [1.29, 1.82) is 0 Å². The van der Waals surface area contributed by atoms with E-state index < -0.39 is 0 Å². The number of rotatable bonds is 4. The highest BCUT2D eigenvalue weighted by Gasteiger charge is 2.13. The molecule has 22 heavy (non-hydrogen) atoms. The van der Waals surface area contributed by atoms with Crippen LogP contribution in [0.1, 0.15) is 10.6 Å². The van der Waals surface area contributed by atoms with Gasteiger partial charge in [-0.3, -0.25) is 9.69 Å². The second-order valence-corrected chi connectivity index (χ2v) is 6.06. The van der Waals surface area contributed by atoms with Crippen molar-refractivity contribution in [1.82, 2.24) is 15.5 Å². The summed E-state index contributed by atoms with van der Waals surface area (Å²) in [6.45, 7) is 5.63. The fourth-order valence-electron chi connectivity index (χ4n) is 2.48. The van der Waals surface area contributed by atoms with E-state index in [9.17, 15) is 4.79 Å². The lowest BCUT2D eigenvalue weighted by Gasteiger charge is -2.26. The molecule has 0 aliphatic carbocycles. The molecule has 7 heteroatoms. The largest absolute Gasteiger partial charge is 0.451 e. The van der Waals surface area contributed by atoms with Gasteiger partial charge in [0.05, 0.1) is 0 Å². The van der Waals surface area contributed by atoms with E-state index in [0.717, 1.165) is 48.2 Å². The average molecular weight is 389 g/mol. The molecule has 2 aromatic rings. The van der Waals surface area contributed by atoms with Crippen molar-refractivity contribution in [2.24, 2.45) is 0 Å². The van der Waals surface area contributed by atoms with Crippen molar-refractivity contribution < 1.29 is 9.21 Å². The van der Waals surface area contributed by atoms with Crippen LogP contribution < -0.4 is 10.6 Å². The number of nitrogens with one attached hydrogen (secondary N) is 2. The molecule has 1 aliphatic rings. The zero-order valence-corrected chi connectivity index (χ0v) is 14.5. The lowest BCUT2D eigenvalue weighted by molar-refractivity contribution is 0.0922. The molecule has 0 radical (unpaired) electrons. The Bertz CT molecular complexity index is 641. The van der Waals surface area contributed by atoms with E-state index in [0.29, 0.717) is 12.3 Å². The maximum atomic E-state index is 12.1. The number of benzene rings is 1. The number of hydrogen-bond acceptors (Lipinski definition) is 4. The lowest BCUT2D eigenvalue weighted by Crippen LogP contribution is -2.46. The molecule has 1 aliphatic heterocycles. The van der Waals surface area contributed by atoms with Crippen LogP contribution in [0, 0.1) is 0 Å². The van der Waals surface area contributed by atoms with Crippen LogP contribution in [0.3, 0.4) is 0 Å². The Morgan fingerprint density at radius 2 is 2.09 bits per heavy atom. The first-order valence-electron chi connectivity index (χ1n) is 7.13. The second-order valence-electron chi connectivity index (χ2n) is 5.14. The number of carbonyl (C=O) groups excluding carboxylic acids is 1. The Morgan fingerprint density at radius 3 is 2.86 bits per heavy atom. The summed E-state index contributed by atoms with van der Waals surface area (Å²) in [5, 5.41) is 7.15. The van der Waals surface area contributed by atoms with E-state index in [-0.39, 0.29) is 18.3 Å². The van der Waals surface area contributed by atoms with Gasteiger partial charge in [0, 0.05) is 49.1 Å². The van der Waals surface area contributed by atoms with Crippen LogP contribution in [-0.4, -0.2) is 50.1 Å². The summed E-state index contributed by atoms with van der Waals surface area (Å²) in [6.07, 6.45) is 0. The van der Waals surface area contributed by atoms with E-state index >= 15 is 0 Å². The highest BCUT2D eigenvalue weighted by atomic mass is 79.9. The molecule has 0 spiro atoms. The average Bonchev–Trinajstić information content (AvgIpc) is 2.91. The van der Waals surface area contributed by atoms with Crippen LogP contribution in [0.2, 0.25) is 0 Å². The molecule has 3 rings (SSSR count). The van der Waals surface area contributed by atoms with E-state index in [1.54, 1.807) is 6.07 Å². The van der Waals surface area contributed by atoms with Gasteiger partial charge >= 0.3 is 0 Å². The molecule has 1 aromatic carbocycles. The zero-order valence-electron chi connectivity index (χ0n) is 12.1. The lowest BCUT2D eigenvalue weighted by atomic mass is 10.2. The van der Waals surface area contributed by atoms with Gasteiger partial charge in [0.1, 0.15) is 5.58 Å². The van der Waals surface area contributed by atoms with Gasteiger partial charge in [0.15, 0.2) is 5.76 Å². The van der Waals surface area contributed by atoms with Gasteiger partial charge in [-0.1, -0.05) is 15.9 Å². The van der Waals surface area contributed by atoms with Crippen LogP contribution in [0.25, 0.3) is 11.0 Å². The third-order valence-corrected chi connectivity index (χ3v) is 4.12. The van der Waals surface area contributed by atoms with E-state index in [2.05, 4.69) is 31.5 Å². The number of furan rings is 1. The fraction of sp³-hybridized carbons (Fsp3) is 0.400. The molecule has 2 N–H and O–H groups in total. The number of fused-ring (bicyclic) bond motifs is 1. The summed E-state index contributed by atoms with van der Waals surface area (Å²) < 4.78 is 6.54. The van der Waals surface area contributed by atoms with Gasteiger partial charge in [-0.2, -0.15) is 0 Å². The van der Waals surface area contributed by atoms with Crippen molar-refractivity contribution >= 4 is 45.2 Å². The maximum absolute atomic E-state index is 12.1. The minimum absolute atomic E-state index is 0. The Labute approximate surface area is 143 Å². The number of carbonyl (C=O) groups is 1. The van der Waals surface area contributed by atoms with Gasteiger partial charge in [-0.25, -0.2) is 0 Å². The second kappa shape index (κ2) is 7.97. The molecular weight excluding hydrogens is 370 g/mol. The molecule has 0 bridgehead atoms. The minimum atomic E-state index is -0.155. The predicted molar refractivity (Wildman–Crippen MR) is 92.8 cm³/mol. The summed E-state index contributed by atoms with van der Waals surface area (Å²) in [5.74, 6) is 0.209. The van der Waals surface area contributed by atoms with Crippen molar-refractivity contribution in [3.8, 4) is 0 Å². The van der Waals surface area contributed by atoms with Crippen LogP contribution in [0.4, 0.5) is 0 Å².